The summed E-state index contributed by atoms with van der Waals surface area (Å²) < 4.78 is 11.6. The van der Waals surface area contributed by atoms with Crippen molar-refractivity contribution in [2.45, 2.75) is 31.1 Å². The van der Waals surface area contributed by atoms with Crippen LogP contribution in [0, 0.1) is 0 Å². The molecule has 0 atom stereocenters. The van der Waals surface area contributed by atoms with Crippen LogP contribution in [0.3, 0.4) is 0 Å². The molecule has 0 aliphatic heterocycles. The molecule has 2 aromatic rings. The van der Waals surface area contributed by atoms with E-state index in [0.29, 0.717) is 18.1 Å². The molecular weight excluding hydrogens is 368 g/mol. The summed E-state index contributed by atoms with van der Waals surface area (Å²) in [5.41, 5.74) is -0.339. The molecule has 0 saturated heterocycles. The molecule has 0 amide bonds. The number of rotatable bonds is 10. The highest BCUT2D eigenvalue weighted by atomic mass is 32.2. The van der Waals surface area contributed by atoms with Crippen LogP contribution in [-0.2, 0) is 0 Å². The summed E-state index contributed by atoms with van der Waals surface area (Å²) in [6.45, 7) is 2.64. The molecule has 7 heteroatoms. The van der Waals surface area contributed by atoms with Gasteiger partial charge in [0.15, 0.2) is 11.5 Å². The summed E-state index contributed by atoms with van der Waals surface area (Å²) in [6, 6.07) is 9.15. The van der Waals surface area contributed by atoms with Crippen LogP contribution >= 0.6 is 11.8 Å². The van der Waals surface area contributed by atoms with E-state index in [-0.39, 0.29) is 16.9 Å². The molecule has 0 saturated carbocycles. The van der Waals surface area contributed by atoms with Gasteiger partial charge in [0.05, 0.1) is 12.2 Å². The van der Waals surface area contributed by atoms with E-state index < -0.39 is 11.9 Å². The van der Waals surface area contributed by atoms with Crippen molar-refractivity contribution in [3.8, 4) is 17.2 Å². The van der Waals surface area contributed by atoms with E-state index in [4.69, 9.17) is 14.6 Å². The van der Waals surface area contributed by atoms with Crippen LogP contribution < -0.4 is 9.47 Å². The lowest BCUT2D eigenvalue weighted by Crippen LogP contribution is -2.05. The summed E-state index contributed by atoms with van der Waals surface area (Å²) >= 11 is 1.56. The van der Waals surface area contributed by atoms with E-state index >= 15 is 0 Å². The minimum Gasteiger partial charge on any atom is -0.490 e. The zero-order valence-corrected chi connectivity index (χ0v) is 16.0. The number of unbranched alkanes of at least 4 members (excludes halogenated alkanes) is 2. The monoisotopic (exact) mass is 390 g/mol. The Morgan fingerprint density at radius 3 is 2.33 bits per heavy atom. The van der Waals surface area contributed by atoms with Gasteiger partial charge in [0.25, 0.3) is 0 Å². The highest BCUT2D eigenvalue weighted by Crippen LogP contribution is 2.36. The van der Waals surface area contributed by atoms with E-state index in [9.17, 15) is 14.7 Å². The molecule has 0 bridgehead atoms. The first-order valence-corrected chi connectivity index (χ1v) is 9.78. The predicted molar refractivity (Wildman–Crippen MR) is 104 cm³/mol. The van der Waals surface area contributed by atoms with Gasteiger partial charge in [-0.15, -0.1) is 11.8 Å². The van der Waals surface area contributed by atoms with Gasteiger partial charge in [0.1, 0.15) is 11.3 Å². The number of carbonyl (C=O) groups is 2. The van der Waals surface area contributed by atoms with Crippen LogP contribution in [0.2, 0.25) is 0 Å². The minimum absolute atomic E-state index is 0.0582. The fourth-order valence-electron chi connectivity index (χ4n) is 2.38. The molecule has 0 aliphatic carbocycles. The first kappa shape index (κ1) is 20.6. The first-order chi connectivity index (χ1) is 13.0. The van der Waals surface area contributed by atoms with Crippen LogP contribution in [0.5, 0.6) is 17.2 Å². The van der Waals surface area contributed by atoms with E-state index in [1.807, 2.05) is 18.4 Å². The first-order valence-electron chi connectivity index (χ1n) is 8.55. The van der Waals surface area contributed by atoms with Crippen molar-refractivity contribution in [1.82, 2.24) is 0 Å². The average Bonchev–Trinajstić information content (AvgIpc) is 2.66. The third kappa shape index (κ3) is 5.65. The van der Waals surface area contributed by atoms with Gasteiger partial charge in [-0.3, -0.25) is 0 Å². The molecular formula is C20H22O6S. The lowest BCUT2D eigenvalue weighted by Gasteiger charge is -2.15. The maximum atomic E-state index is 11.5. The number of ether oxygens (including phenoxy) is 2. The van der Waals surface area contributed by atoms with Crippen LogP contribution in [0.25, 0.3) is 0 Å². The third-order valence-electron chi connectivity index (χ3n) is 3.83. The number of hydrogen-bond acceptors (Lipinski definition) is 5. The number of carboxylic acids is 2. The van der Waals surface area contributed by atoms with Crippen LogP contribution in [0.4, 0.5) is 0 Å². The summed E-state index contributed by atoms with van der Waals surface area (Å²) in [4.78, 5) is 23.6. The minimum atomic E-state index is -1.26. The number of hydrogen-bond donors (Lipinski definition) is 2. The van der Waals surface area contributed by atoms with Crippen molar-refractivity contribution >= 4 is 23.7 Å². The smallest absolute Gasteiger partial charge is 0.339 e. The Morgan fingerprint density at radius 1 is 0.963 bits per heavy atom. The molecule has 2 N–H and O–H groups in total. The van der Waals surface area contributed by atoms with Crippen molar-refractivity contribution in [2.24, 2.45) is 0 Å². The maximum absolute atomic E-state index is 11.5. The fourth-order valence-corrected chi connectivity index (χ4v) is 2.81. The lowest BCUT2D eigenvalue weighted by molar-refractivity contribution is 0.0694. The molecule has 0 radical (unpaired) electrons. The molecule has 0 unspecified atom stereocenters. The SMILES string of the molecule is CCCCCOc1cc(SC)ccc1Oc1ccc(C(=O)O)cc1C(=O)O. The van der Waals surface area contributed by atoms with Gasteiger partial charge in [0, 0.05) is 4.90 Å². The van der Waals surface area contributed by atoms with Crippen LogP contribution in [-0.4, -0.2) is 35.0 Å². The number of carboxylic acid groups (broad SMARTS) is 2. The largest absolute Gasteiger partial charge is 0.490 e. The Bertz CT molecular complexity index is 818. The summed E-state index contributed by atoms with van der Waals surface area (Å²) in [7, 11) is 0. The van der Waals surface area contributed by atoms with Crippen molar-refractivity contribution < 1.29 is 29.3 Å². The Balaban J connectivity index is 2.32. The van der Waals surface area contributed by atoms with Gasteiger partial charge >= 0.3 is 11.9 Å². The van der Waals surface area contributed by atoms with Crippen molar-refractivity contribution in [3.63, 3.8) is 0 Å². The topological polar surface area (TPSA) is 93.1 Å². The highest BCUT2D eigenvalue weighted by Gasteiger charge is 2.17. The van der Waals surface area contributed by atoms with Gasteiger partial charge in [-0.25, -0.2) is 9.59 Å². The standard InChI is InChI=1S/C20H22O6S/c1-3-4-5-10-25-18-12-14(27-2)7-9-17(18)26-16-8-6-13(19(21)22)11-15(16)20(23)24/h6-9,11-12H,3-5,10H2,1-2H3,(H,21,22)(H,23,24). The van der Waals surface area contributed by atoms with Crippen LogP contribution in [0.15, 0.2) is 41.3 Å². The van der Waals surface area contributed by atoms with Gasteiger partial charge in [0.2, 0.25) is 0 Å². The van der Waals surface area contributed by atoms with Gasteiger partial charge in [-0.05, 0) is 49.1 Å². The van der Waals surface area contributed by atoms with Gasteiger partial charge < -0.3 is 19.7 Å². The van der Waals surface area contributed by atoms with Crippen molar-refractivity contribution in [1.29, 1.82) is 0 Å². The van der Waals surface area contributed by atoms with Crippen LogP contribution in [0.1, 0.15) is 46.9 Å². The molecule has 0 fully saturated rings. The molecule has 0 aromatic heterocycles. The van der Waals surface area contributed by atoms with Gasteiger partial charge in [-0.2, -0.15) is 0 Å². The highest BCUT2D eigenvalue weighted by molar-refractivity contribution is 7.98. The molecule has 2 rings (SSSR count). The second kappa shape index (κ2) is 9.87. The molecule has 6 nitrogen and oxygen atoms in total. The lowest BCUT2D eigenvalue weighted by atomic mass is 10.1. The zero-order chi connectivity index (χ0) is 19.8. The van der Waals surface area contributed by atoms with Crippen molar-refractivity contribution in [3.05, 3.63) is 47.5 Å². The second-order valence-corrected chi connectivity index (χ2v) is 6.67. The summed E-state index contributed by atoms with van der Waals surface area (Å²) in [5, 5.41) is 18.5. The van der Waals surface area contributed by atoms with Crippen molar-refractivity contribution in [2.75, 3.05) is 12.9 Å². The Hall–Kier alpha value is -2.67. The second-order valence-electron chi connectivity index (χ2n) is 5.79. The molecule has 0 heterocycles. The number of aromatic carboxylic acids is 2. The predicted octanol–water partition coefficient (Wildman–Crippen LogP) is 5.17. The van der Waals surface area contributed by atoms with E-state index in [2.05, 4.69) is 6.92 Å². The molecule has 0 aliphatic rings. The molecule has 0 spiro atoms. The third-order valence-corrected chi connectivity index (χ3v) is 4.56. The normalized spacial score (nSPS) is 10.4. The van der Waals surface area contributed by atoms with E-state index in [1.54, 1.807) is 17.8 Å². The molecule has 2 aromatic carbocycles. The summed E-state index contributed by atoms with van der Waals surface area (Å²) in [5.74, 6) is -1.50. The van der Waals surface area contributed by atoms with Gasteiger partial charge in [-0.1, -0.05) is 19.8 Å². The van der Waals surface area contributed by atoms with E-state index in [0.717, 1.165) is 30.2 Å². The Kier molecular flexibility index (Phi) is 7.55. The Morgan fingerprint density at radius 2 is 1.70 bits per heavy atom. The Labute approximate surface area is 162 Å². The average molecular weight is 390 g/mol. The summed E-state index contributed by atoms with van der Waals surface area (Å²) in [6.07, 6.45) is 4.99. The molecule has 27 heavy (non-hydrogen) atoms. The zero-order valence-electron chi connectivity index (χ0n) is 15.2. The fraction of sp³-hybridized carbons (Fsp3) is 0.300. The number of thioether (sulfide) groups is 1. The maximum Gasteiger partial charge on any atom is 0.339 e. The number of benzene rings is 2. The van der Waals surface area contributed by atoms with E-state index in [1.165, 1.54) is 12.1 Å². The quantitative estimate of drug-likeness (QED) is 0.427. The molecule has 144 valence electrons.